The predicted octanol–water partition coefficient (Wildman–Crippen LogP) is 3.69. The maximum absolute atomic E-state index is 13.6. The largest absolute Gasteiger partial charge is 0.496 e. The van der Waals surface area contributed by atoms with E-state index in [0.717, 1.165) is 11.1 Å². The summed E-state index contributed by atoms with van der Waals surface area (Å²) in [5, 5.41) is 3.36. The van der Waals surface area contributed by atoms with E-state index in [4.69, 9.17) is 14.7 Å². The third-order valence-corrected chi connectivity index (χ3v) is 7.81. The van der Waals surface area contributed by atoms with E-state index in [9.17, 15) is 14.4 Å². The lowest BCUT2D eigenvalue weighted by Gasteiger charge is -2.25. The van der Waals surface area contributed by atoms with E-state index in [0.29, 0.717) is 46.1 Å². The monoisotopic (exact) mass is 566 g/mol. The number of carbonyl (C=O) groups is 2. The van der Waals surface area contributed by atoms with Crippen LogP contribution in [0.1, 0.15) is 29.7 Å². The number of nitrogens with one attached hydrogen (secondary N) is 1. The second kappa shape index (κ2) is 11.4. The van der Waals surface area contributed by atoms with Gasteiger partial charge in [0, 0.05) is 42.1 Å². The van der Waals surface area contributed by atoms with Crippen molar-refractivity contribution in [2.45, 2.75) is 31.2 Å². The van der Waals surface area contributed by atoms with Crippen LogP contribution in [0.2, 0.25) is 0 Å². The van der Waals surface area contributed by atoms with Crippen LogP contribution in [-0.4, -0.2) is 50.3 Å². The third-order valence-electron chi connectivity index (χ3n) is 6.83. The number of benzene rings is 2. The molecule has 1 N–H and O–H groups in total. The van der Waals surface area contributed by atoms with Crippen LogP contribution in [0.4, 0.5) is 5.69 Å². The summed E-state index contributed by atoms with van der Waals surface area (Å²) in [4.78, 5) is 54.4. The quantitative estimate of drug-likeness (QED) is 0.348. The van der Waals surface area contributed by atoms with Crippen molar-refractivity contribution in [3.05, 3.63) is 106 Å². The fourth-order valence-electron chi connectivity index (χ4n) is 4.80. The van der Waals surface area contributed by atoms with Crippen molar-refractivity contribution in [2.24, 2.45) is 9.98 Å². The Hall–Kier alpha value is -4.77. The highest BCUT2D eigenvalue weighted by Crippen LogP contribution is 2.35. The summed E-state index contributed by atoms with van der Waals surface area (Å²) in [5.41, 5.74) is 3.30. The van der Waals surface area contributed by atoms with Crippen molar-refractivity contribution >= 4 is 45.9 Å². The highest BCUT2D eigenvalue weighted by Gasteiger charge is 2.41. The van der Waals surface area contributed by atoms with Gasteiger partial charge in [-0.1, -0.05) is 48.2 Å². The van der Waals surface area contributed by atoms with Gasteiger partial charge < -0.3 is 10.1 Å². The molecule has 4 aromatic rings. The normalized spacial score (nSPS) is 15.7. The van der Waals surface area contributed by atoms with Gasteiger partial charge in [0.15, 0.2) is 5.17 Å². The van der Waals surface area contributed by atoms with E-state index in [-0.39, 0.29) is 30.2 Å². The molecule has 2 aliphatic rings. The highest BCUT2D eigenvalue weighted by molar-refractivity contribution is 8.13. The zero-order chi connectivity index (χ0) is 28.3. The number of fused-ring (bicyclic) bond motifs is 4. The molecular formula is C30H26N6O4S. The SMILES string of the molecule is COc1ccccc1CNC(=O)CC[C@H]1N=C2c3ccccc3N=C(SCc3cc(=O)n4ccccc4n3)N2C1=O. The number of nitrogens with zero attached hydrogens (tertiary/aromatic N) is 5. The maximum atomic E-state index is 13.6. The summed E-state index contributed by atoms with van der Waals surface area (Å²) in [6.07, 6.45) is 2.08. The van der Waals surface area contributed by atoms with Gasteiger partial charge in [-0.05, 0) is 36.8 Å². The van der Waals surface area contributed by atoms with Crippen LogP contribution in [0.3, 0.4) is 0 Å². The second-order valence-electron chi connectivity index (χ2n) is 9.48. The number of aromatic nitrogens is 2. The highest BCUT2D eigenvalue weighted by atomic mass is 32.2. The van der Waals surface area contributed by atoms with Crippen LogP contribution < -0.4 is 15.6 Å². The molecule has 2 aliphatic heterocycles. The van der Waals surface area contributed by atoms with Crippen LogP contribution in [0.5, 0.6) is 5.75 Å². The zero-order valence-electron chi connectivity index (χ0n) is 22.2. The van der Waals surface area contributed by atoms with Gasteiger partial charge in [0.1, 0.15) is 23.3 Å². The summed E-state index contributed by atoms with van der Waals surface area (Å²) >= 11 is 1.32. The summed E-state index contributed by atoms with van der Waals surface area (Å²) < 4.78 is 6.83. The summed E-state index contributed by atoms with van der Waals surface area (Å²) in [6.45, 7) is 0.329. The van der Waals surface area contributed by atoms with Crippen LogP contribution >= 0.6 is 11.8 Å². The molecule has 206 valence electrons. The predicted molar refractivity (Wildman–Crippen MR) is 158 cm³/mol. The molecule has 0 radical (unpaired) electrons. The van der Waals surface area contributed by atoms with E-state index in [1.54, 1.807) is 25.4 Å². The molecule has 4 heterocycles. The molecule has 6 rings (SSSR count). The van der Waals surface area contributed by atoms with Gasteiger partial charge in [-0.2, -0.15) is 0 Å². The molecule has 41 heavy (non-hydrogen) atoms. The number of amides is 2. The maximum Gasteiger partial charge on any atom is 0.259 e. The topological polar surface area (TPSA) is 118 Å². The first-order valence-corrected chi connectivity index (χ1v) is 14.1. The fraction of sp³-hybridized carbons (Fsp3) is 0.200. The number of para-hydroxylation sites is 2. The molecule has 0 saturated carbocycles. The first-order valence-electron chi connectivity index (χ1n) is 13.1. The standard InChI is InChI=1S/C30H26N6O4S/c1-40-24-11-5-2-8-19(24)17-31-26(37)14-13-23-29(39)36-28(33-23)21-9-3-4-10-22(21)34-30(36)41-18-20-16-27(38)35-15-7-6-12-25(35)32-20/h2-12,15-16,23H,13-14,17-18H2,1H3,(H,31,37)/t23-/m1/s1. The lowest BCUT2D eigenvalue weighted by Crippen LogP contribution is -2.41. The fourth-order valence-corrected chi connectivity index (χ4v) is 5.69. The molecule has 0 aliphatic carbocycles. The minimum Gasteiger partial charge on any atom is -0.496 e. The number of rotatable bonds is 8. The number of aliphatic imine (C=N–C) groups is 2. The van der Waals surface area contributed by atoms with Crippen LogP contribution in [0, 0.1) is 0 Å². The molecular weight excluding hydrogens is 540 g/mol. The van der Waals surface area contributed by atoms with Crippen molar-refractivity contribution in [3.63, 3.8) is 0 Å². The Morgan fingerprint density at radius 3 is 2.73 bits per heavy atom. The number of pyridine rings is 1. The van der Waals surface area contributed by atoms with Crippen LogP contribution in [-0.2, 0) is 21.9 Å². The molecule has 0 unspecified atom stereocenters. The number of ether oxygens (including phenoxy) is 1. The Bertz CT molecular complexity index is 1780. The van der Waals surface area contributed by atoms with E-state index in [2.05, 4.69) is 10.3 Å². The van der Waals surface area contributed by atoms with Crippen LogP contribution in [0.15, 0.2) is 93.8 Å². The van der Waals surface area contributed by atoms with Crippen molar-refractivity contribution in [1.29, 1.82) is 0 Å². The Balaban J connectivity index is 1.16. The molecule has 11 heteroatoms. The molecule has 2 amide bonds. The lowest BCUT2D eigenvalue weighted by molar-refractivity contribution is -0.125. The molecule has 0 bridgehead atoms. The smallest absolute Gasteiger partial charge is 0.259 e. The van der Waals surface area contributed by atoms with Crippen LogP contribution in [0.25, 0.3) is 5.65 Å². The molecule has 10 nitrogen and oxygen atoms in total. The van der Waals surface area contributed by atoms with E-state index >= 15 is 0 Å². The summed E-state index contributed by atoms with van der Waals surface area (Å²) in [7, 11) is 1.59. The van der Waals surface area contributed by atoms with E-state index < -0.39 is 6.04 Å². The second-order valence-corrected chi connectivity index (χ2v) is 10.4. The van der Waals surface area contributed by atoms with E-state index in [1.807, 2.05) is 54.6 Å². The van der Waals surface area contributed by atoms with Gasteiger partial charge in [-0.3, -0.25) is 23.8 Å². The molecule has 1 atom stereocenters. The van der Waals surface area contributed by atoms with Gasteiger partial charge in [0.05, 0.1) is 18.5 Å². The Morgan fingerprint density at radius 1 is 1.05 bits per heavy atom. The van der Waals surface area contributed by atoms with E-state index in [1.165, 1.54) is 27.1 Å². The van der Waals surface area contributed by atoms with Crippen molar-refractivity contribution in [2.75, 3.05) is 7.11 Å². The molecule has 0 spiro atoms. The first kappa shape index (κ1) is 26.5. The Morgan fingerprint density at radius 2 is 1.85 bits per heavy atom. The molecule has 0 fully saturated rings. The van der Waals surface area contributed by atoms with Gasteiger partial charge in [0.2, 0.25) is 5.91 Å². The number of carbonyl (C=O) groups excluding carboxylic acids is 2. The van der Waals surface area contributed by atoms with Gasteiger partial charge in [-0.15, -0.1) is 0 Å². The Kier molecular flexibility index (Phi) is 7.34. The number of thioether (sulfide) groups is 1. The zero-order valence-corrected chi connectivity index (χ0v) is 23.0. The summed E-state index contributed by atoms with van der Waals surface area (Å²) in [5.74, 6) is 1.16. The minimum absolute atomic E-state index is 0.141. The first-order chi connectivity index (χ1) is 20.0. The molecule has 0 saturated heterocycles. The van der Waals surface area contributed by atoms with Crippen molar-refractivity contribution < 1.29 is 14.3 Å². The number of hydrogen-bond acceptors (Lipinski definition) is 8. The Labute approximate surface area is 239 Å². The lowest BCUT2D eigenvalue weighted by atomic mass is 10.1. The third kappa shape index (κ3) is 5.36. The average molecular weight is 567 g/mol. The van der Waals surface area contributed by atoms with Gasteiger partial charge >= 0.3 is 0 Å². The van der Waals surface area contributed by atoms with Gasteiger partial charge in [0.25, 0.3) is 11.5 Å². The average Bonchev–Trinajstić information content (AvgIpc) is 3.34. The number of hydrogen-bond donors (Lipinski definition) is 1. The van der Waals surface area contributed by atoms with Gasteiger partial charge in [-0.25, -0.2) is 14.9 Å². The number of methoxy groups -OCH3 is 1. The molecule has 2 aromatic heterocycles. The number of amidine groups is 2. The van der Waals surface area contributed by atoms with Crippen molar-refractivity contribution in [1.82, 2.24) is 19.6 Å². The summed E-state index contributed by atoms with van der Waals surface area (Å²) in [6, 6.07) is 21.2. The minimum atomic E-state index is -0.706. The molecule has 2 aromatic carbocycles. The van der Waals surface area contributed by atoms with Crippen molar-refractivity contribution in [3.8, 4) is 5.75 Å².